The molecule has 0 bridgehead atoms. The van der Waals surface area contributed by atoms with E-state index in [-0.39, 0.29) is 5.41 Å². The van der Waals surface area contributed by atoms with E-state index in [1.807, 2.05) is 0 Å². The van der Waals surface area contributed by atoms with Gasteiger partial charge >= 0.3 is 0 Å². The van der Waals surface area contributed by atoms with Crippen molar-refractivity contribution in [2.45, 2.75) is 19.3 Å². The third-order valence-corrected chi connectivity index (χ3v) is 14.0. The van der Waals surface area contributed by atoms with Gasteiger partial charge in [-0.25, -0.2) is 0 Å². The summed E-state index contributed by atoms with van der Waals surface area (Å²) in [7, 11) is 0. The van der Waals surface area contributed by atoms with Crippen LogP contribution in [-0.2, 0) is 5.41 Å². The Morgan fingerprint density at radius 2 is 0.672 bits per heavy atom. The molecule has 0 heterocycles. The summed E-state index contributed by atoms with van der Waals surface area (Å²) in [6.07, 6.45) is 0. The predicted octanol–water partition coefficient (Wildman–Crippen LogP) is 17.1. The van der Waals surface area contributed by atoms with Gasteiger partial charge in [-0.3, -0.25) is 0 Å². The minimum atomic E-state index is -0.175. The largest absolute Gasteiger partial charge is 0.0616 e. The third kappa shape index (κ3) is 4.94. The van der Waals surface area contributed by atoms with Crippen molar-refractivity contribution in [3.63, 3.8) is 0 Å². The van der Waals surface area contributed by atoms with Crippen molar-refractivity contribution in [1.82, 2.24) is 0 Å². The van der Waals surface area contributed by atoms with Gasteiger partial charge in [-0.05, 0) is 161 Å². The number of benzene rings is 12. The molecule has 0 nitrogen and oxygen atoms in total. The molecule has 0 unspecified atom stereocenters. The monoisotopic (exact) mass is 772 g/mol. The first-order valence-corrected chi connectivity index (χ1v) is 21.5. The Labute approximate surface area is 355 Å². The van der Waals surface area contributed by atoms with E-state index in [4.69, 9.17) is 0 Å². The lowest BCUT2D eigenvalue weighted by Crippen LogP contribution is -2.15. The molecule has 12 aromatic rings. The van der Waals surface area contributed by atoms with Crippen LogP contribution in [-0.4, -0.2) is 0 Å². The zero-order valence-corrected chi connectivity index (χ0v) is 34.1. The van der Waals surface area contributed by atoms with Gasteiger partial charge in [0.2, 0.25) is 0 Å². The minimum absolute atomic E-state index is 0.175. The van der Waals surface area contributed by atoms with E-state index < -0.39 is 0 Å². The molecule has 0 fully saturated rings. The SMILES string of the molecule is CC1(C)c2cc(-c3cccc(-c4cc5c6ccccc6c6ccccc6c5c5ccccc45)c3)ccc2-c2ccc(-c3cc4c5ccccc5ccc4c4ccccc34)cc21. The predicted molar refractivity (Wildman–Crippen MR) is 263 cm³/mol. The van der Waals surface area contributed by atoms with E-state index >= 15 is 0 Å². The molecule has 0 amide bonds. The number of hydrogen-bond acceptors (Lipinski definition) is 0. The Kier molecular flexibility index (Phi) is 7.17. The van der Waals surface area contributed by atoms with Crippen molar-refractivity contribution in [3.8, 4) is 44.5 Å². The van der Waals surface area contributed by atoms with E-state index in [2.05, 4.69) is 220 Å². The van der Waals surface area contributed by atoms with Crippen molar-refractivity contribution < 1.29 is 0 Å². The molecule has 1 aliphatic rings. The second kappa shape index (κ2) is 12.7. The van der Waals surface area contributed by atoms with E-state index in [1.54, 1.807) is 0 Å². The molecule has 0 aromatic heterocycles. The fraction of sp³-hybridized carbons (Fsp3) is 0.0492. The lowest BCUT2D eigenvalue weighted by Gasteiger charge is -2.23. The third-order valence-electron chi connectivity index (χ3n) is 14.0. The van der Waals surface area contributed by atoms with Gasteiger partial charge in [0, 0.05) is 5.41 Å². The van der Waals surface area contributed by atoms with Crippen LogP contribution in [0, 0.1) is 0 Å². The fourth-order valence-corrected chi connectivity index (χ4v) is 11.1. The maximum atomic E-state index is 2.48. The fourth-order valence-electron chi connectivity index (χ4n) is 11.1. The van der Waals surface area contributed by atoms with Gasteiger partial charge in [0.1, 0.15) is 0 Å². The van der Waals surface area contributed by atoms with Crippen LogP contribution in [0.5, 0.6) is 0 Å². The van der Waals surface area contributed by atoms with Crippen LogP contribution in [0.3, 0.4) is 0 Å². The molecule has 0 N–H and O–H groups in total. The first-order chi connectivity index (χ1) is 30.0. The van der Waals surface area contributed by atoms with Crippen molar-refractivity contribution >= 4 is 75.4 Å². The second-order valence-corrected chi connectivity index (χ2v) is 17.6. The van der Waals surface area contributed by atoms with E-state index in [0.29, 0.717) is 0 Å². The Balaban J connectivity index is 0.937. The van der Waals surface area contributed by atoms with Gasteiger partial charge in [-0.2, -0.15) is 0 Å². The normalized spacial score (nSPS) is 13.2. The van der Waals surface area contributed by atoms with Gasteiger partial charge in [-0.15, -0.1) is 0 Å². The molecular weight excluding hydrogens is 733 g/mol. The summed E-state index contributed by atoms with van der Waals surface area (Å²) >= 11 is 0. The van der Waals surface area contributed by atoms with Crippen LogP contribution in [0.1, 0.15) is 25.0 Å². The Morgan fingerprint density at radius 3 is 1.36 bits per heavy atom. The lowest BCUT2D eigenvalue weighted by atomic mass is 9.80. The first kappa shape index (κ1) is 34.3. The Hall–Kier alpha value is -7.54. The molecule has 0 radical (unpaired) electrons. The van der Waals surface area contributed by atoms with Crippen LogP contribution in [0.4, 0.5) is 0 Å². The topological polar surface area (TPSA) is 0 Å². The summed E-state index contributed by atoms with van der Waals surface area (Å²) in [6.45, 7) is 4.81. The summed E-state index contributed by atoms with van der Waals surface area (Å²) in [5.74, 6) is 0. The van der Waals surface area contributed by atoms with Gasteiger partial charge in [0.15, 0.2) is 0 Å². The summed E-state index contributed by atoms with van der Waals surface area (Å²) in [5, 5.41) is 18.2. The molecule has 0 saturated heterocycles. The van der Waals surface area contributed by atoms with E-state index in [0.717, 1.165) is 0 Å². The average Bonchev–Trinajstić information content (AvgIpc) is 3.55. The number of fused-ring (bicyclic) bond motifs is 16. The molecule has 0 aliphatic heterocycles. The maximum Gasteiger partial charge on any atom is 0.0159 e. The lowest BCUT2D eigenvalue weighted by molar-refractivity contribution is 0.661. The molecular formula is C61H40. The smallest absolute Gasteiger partial charge is 0.0159 e. The molecule has 12 aromatic carbocycles. The van der Waals surface area contributed by atoms with Crippen molar-refractivity contribution in [3.05, 3.63) is 217 Å². The summed E-state index contributed by atoms with van der Waals surface area (Å²) < 4.78 is 0. The second-order valence-electron chi connectivity index (χ2n) is 17.6. The van der Waals surface area contributed by atoms with Crippen molar-refractivity contribution in [1.29, 1.82) is 0 Å². The number of hydrogen-bond donors (Lipinski definition) is 0. The van der Waals surface area contributed by atoms with Crippen molar-refractivity contribution in [2.75, 3.05) is 0 Å². The van der Waals surface area contributed by atoms with E-state index in [1.165, 1.54) is 131 Å². The van der Waals surface area contributed by atoms with Crippen LogP contribution in [0.25, 0.3) is 120 Å². The van der Waals surface area contributed by atoms with Crippen LogP contribution < -0.4 is 0 Å². The summed E-state index contributed by atoms with van der Waals surface area (Å²) in [4.78, 5) is 0. The highest BCUT2D eigenvalue weighted by atomic mass is 14.4. The molecule has 13 rings (SSSR count). The first-order valence-electron chi connectivity index (χ1n) is 21.5. The van der Waals surface area contributed by atoms with Crippen molar-refractivity contribution in [2.24, 2.45) is 0 Å². The molecule has 0 atom stereocenters. The van der Waals surface area contributed by atoms with Gasteiger partial charge in [0.25, 0.3) is 0 Å². The zero-order valence-electron chi connectivity index (χ0n) is 34.1. The highest BCUT2D eigenvalue weighted by molar-refractivity contribution is 6.33. The van der Waals surface area contributed by atoms with Gasteiger partial charge in [-0.1, -0.05) is 190 Å². The highest BCUT2D eigenvalue weighted by Gasteiger charge is 2.36. The number of rotatable bonds is 3. The quantitative estimate of drug-likeness (QED) is 0.157. The van der Waals surface area contributed by atoms with Crippen LogP contribution in [0.15, 0.2) is 206 Å². The molecule has 284 valence electrons. The molecule has 0 heteroatoms. The Morgan fingerprint density at radius 1 is 0.246 bits per heavy atom. The Bertz CT molecular complexity index is 3840. The highest BCUT2D eigenvalue weighted by Crippen LogP contribution is 2.52. The van der Waals surface area contributed by atoms with Crippen LogP contribution in [0.2, 0.25) is 0 Å². The van der Waals surface area contributed by atoms with E-state index in [9.17, 15) is 0 Å². The molecule has 1 aliphatic carbocycles. The average molecular weight is 773 g/mol. The van der Waals surface area contributed by atoms with Gasteiger partial charge in [0.05, 0.1) is 0 Å². The molecule has 0 spiro atoms. The maximum absolute atomic E-state index is 2.48. The van der Waals surface area contributed by atoms with Gasteiger partial charge < -0.3 is 0 Å². The summed E-state index contributed by atoms with van der Waals surface area (Å²) in [6, 6.07) is 77.5. The molecule has 61 heavy (non-hydrogen) atoms. The zero-order chi connectivity index (χ0) is 40.4. The standard InChI is InChI=1S/C61H40/c1-61(2)58-33-39(27-30-50(58)51-31-28-41(34-59(51)61)54-35-56-42-17-4-3-14-37(42)26-29-49(56)44-19-5-7-21-46(44)54)38-15-13-16-40(32-38)55-36-57-47-22-8-6-18-43(47)45-20-9-11-24-52(45)60(57)53-25-12-10-23-48(53)55/h3-36H,1-2H3. The minimum Gasteiger partial charge on any atom is -0.0616 e. The summed E-state index contributed by atoms with van der Waals surface area (Å²) in [5.41, 5.74) is 12.8. The van der Waals surface area contributed by atoms with Crippen LogP contribution >= 0.6 is 0 Å². The molecule has 0 saturated carbocycles.